The van der Waals surface area contributed by atoms with Crippen LogP contribution >= 0.6 is 0 Å². The minimum atomic E-state index is -0.737. The molecule has 2 rings (SSSR count). The van der Waals surface area contributed by atoms with E-state index in [4.69, 9.17) is 4.74 Å². The zero-order chi connectivity index (χ0) is 18.4. The number of ketones is 1. The van der Waals surface area contributed by atoms with Crippen molar-refractivity contribution < 1.29 is 18.7 Å². The lowest BCUT2D eigenvalue weighted by Gasteiger charge is -2.25. The summed E-state index contributed by atoms with van der Waals surface area (Å²) in [4.78, 5) is 25.0. The van der Waals surface area contributed by atoms with Gasteiger partial charge in [-0.05, 0) is 17.7 Å². The van der Waals surface area contributed by atoms with Gasteiger partial charge in [0.2, 0.25) is 0 Å². The van der Waals surface area contributed by atoms with Gasteiger partial charge in [-0.15, -0.1) is 6.58 Å². The molecule has 4 heteroatoms. The van der Waals surface area contributed by atoms with Gasteiger partial charge in [-0.1, -0.05) is 55.1 Å². The molecule has 0 aliphatic carbocycles. The average Bonchev–Trinajstić information content (AvgIpc) is 2.66. The molecule has 25 heavy (non-hydrogen) atoms. The third-order valence-corrected chi connectivity index (χ3v) is 4.03. The number of rotatable bonds is 7. The molecule has 0 radical (unpaired) electrons. The standard InChI is InChI=1S/C21H19FO3/c1-4-18(20(23)16-8-6-5-7-9-16)19(14(2)21(24)25-3)15-10-12-17(22)13-11-15/h4-13,18-19H,1-2H2,3H3. The Balaban J connectivity index is 2.50. The fourth-order valence-electron chi connectivity index (χ4n) is 2.74. The molecular formula is C21H19FO3. The van der Waals surface area contributed by atoms with Crippen LogP contribution in [0.4, 0.5) is 4.39 Å². The van der Waals surface area contributed by atoms with Gasteiger partial charge < -0.3 is 4.74 Å². The molecule has 0 aromatic heterocycles. The van der Waals surface area contributed by atoms with Crippen molar-refractivity contribution in [2.24, 2.45) is 5.92 Å². The lowest BCUT2D eigenvalue weighted by atomic mass is 9.77. The summed E-state index contributed by atoms with van der Waals surface area (Å²) in [5.41, 5.74) is 1.20. The first kappa shape index (κ1) is 18.3. The molecule has 0 fully saturated rings. The molecule has 2 aromatic carbocycles. The van der Waals surface area contributed by atoms with Crippen LogP contribution in [0.15, 0.2) is 79.4 Å². The summed E-state index contributed by atoms with van der Waals surface area (Å²) in [5.74, 6) is -2.66. The Bertz CT molecular complexity index is 779. The summed E-state index contributed by atoms with van der Waals surface area (Å²) >= 11 is 0. The molecule has 0 saturated carbocycles. The van der Waals surface area contributed by atoms with E-state index in [2.05, 4.69) is 13.2 Å². The number of carbonyl (C=O) groups excluding carboxylic acids is 2. The first-order valence-corrected chi connectivity index (χ1v) is 7.74. The molecule has 0 amide bonds. The topological polar surface area (TPSA) is 43.4 Å². The maximum atomic E-state index is 13.3. The normalized spacial score (nSPS) is 12.7. The summed E-state index contributed by atoms with van der Waals surface area (Å²) in [5, 5.41) is 0. The Morgan fingerprint density at radius 3 is 2.20 bits per heavy atom. The van der Waals surface area contributed by atoms with Crippen LogP contribution in [0.1, 0.15) is 21.8 Å². The van der Waals surface area contributed by atoms with Crippen molar-refractivity contribution in [3.05, 3.63) is 96.3 Å². The molecule has 2 aromatic rings. The number of allylic oxidation sites excluding steroid dienone is 1. The molecule has 128 valence electrons. The van der Waals surface area contributed by atoms with Crippen LogP contribution in [0.2, 0.25) is 0 Å². The molecule has 0 heterocycles. The highest BCUT2D eigenvalue weighted by atomic mass is 19.1. The molecule has 3 nitrogen and oxygen atoms in total. The Hall–Kier alpha value is -3.01. The Morgan fingerprint density at radius 1 is 1.08 bits per heavy atom. The summed E-state index contributed by atoms with van der Waals surface area (Å²) < 4.78 is 18.0. The number of halogens is 1. The van der Waals surface area contributed by atoms with Crippen molar-refractivity contribution in [3.63, 3.8) is 0 Å². The predicted octanol–water partition coefficient (Wildman–Crippen LogP) is 4.32. The van der Waals surface area contributed by atoms with Crippen LogP contribution in [-0.2, 0) is 9.53 Å². The van der Waals surface area contributed by atoms with Crippen molar-refractivity contribution >= 4 is 11.8 Å². The van der Waals surface area contributed by atoms with E-state index in [1.54, 1.807) is 24.3 Å². The second-order valence-electron chi connectivity index (χ2n) is 5.54. The lowest BCUT2D eigenvalue weighted by molar-refractivity contribution is -0.136. The van der Waals surface area contributed by atoms with Gasteiger partial charge >= 0.3 is 5.97 Å². The van der Waals surface area contributed by atoms with Gasteiger partial charge in [0, 0.05) is 17.1 Å². The van der Waals surface area contributed by atoms with Crippen LogP contribution in [0, 0.1) is 11.7 Å². The van der Waals surface area contributed by atoms with Crippen molar-refractivity contribution in [2.45, 2.75) is 5.92 Å². The summed E-state index contributed by atoms with van der Waals surface area (Å²) in [7, 11) is 1.25. The van der Waals surface area contributed by atoms with Gasteiger partial charge in [0.25, 0.3) is 0 Å². The highest BCUT2D eigenvalue weighted by Crippen LogP contribution is 2.35. The third-order valence-electron chi connectivity index (χ3n) is 4.03. The smallest absolute Gasteiger partial charge is 0.333 e. The van der Waals surface area contributed by atoms with E-state index < -0.39 is 23.6 Å². The Labute approximate surface area is 146 Å². The van der Waals surface area contributed by atoms with E-state index in [-0.39, 0.29) is 11.4 Å². The molecule has 0 saturated heterocycles. The first-order valence-electron chi connectivity index (χ1n) is 7.74. The molecule has 2 atom stereocenters. The summed E-state index contributed by atoms with van der Waals surface area (Å²) in [6, 6.07) is 14.3. The van der Waals surface area contributed by atoms with Gasteiger partial charge in [0.15, 0.2) is 5.78 Å². The minimum Gasteiger partial charge on any atom is -0.466 e. The zero-order valence-corrected chi connectivity index (χ0v) is 13.9. The number of Topliss-reactive ketones (excluding diaryl/α,β-unsaturated/α-hetero) is 1. The van der Waals surface area contributed by atoms with Crippen molar-refractivity contribution in [1.29, 1.82) is 0 Å². The molecule has 0 N–H and O–H groups in total. The quantitative estimate of drug-likeness (QED) is 0.327. The number of esters is 1. The Morgan fingerprint density at radius 2 is 1.68 bits per heavy atom. The fraction of sp³-hybridized carbons (Fsp3) is 0.143. The van der Waals surface area contributed by atoms with Gasteiger partial charge in [-0.2, -0.15) is 0 Å². The molecule has 2 unspecified atom stereocenters. The lowest BCUT2D eigenvalue weighted by Crippen LogP contribution is -2.25. The van der Waals surface area contributed by atoms with Gasteiger partial charge in [-0.25, -0.2) is 9.18 Å². The number of methoxy groups -OCH3 is 1. The van der Waals surface area contributed by atoms with Crippen LogP contribution in [0.25, 0.3) is 0 Å². The summed E-state index contributed by atoms with van der Waals surface area (Å²) in [6.45, 7) is 7.55. The van der Waals surface area contributed by atoms with E-state index in [1.807, 2.05) is 6.07 Å². The second-order valence-corrected chi connectivity index (χ2v) is 5.54. The van der Waals surface area contributed by atoms with Crippen LogP contribution in [0.5, 0.6) is 0 Å². The molecule has 0 aliphatic rings. The van der Waals surface area contributed by atoms with E-state index in [1.165, 1.54) is 37.5 Å². The van der Waals surface area contributed by atoms with E-state index in [0.29, 0.717) is 11.1 Å². The van der Waals surface area contributed by atoms with Gasteiger partial charge in [0.05, 0.1) is 13.0 Å². The SMILES string of the molecule is C=CC(C(=O)c1ccccc1)C(C(=C)C(=O)OC)c1ccc(F)cc1. The van der Waals surface area contributed by atoms with Crippen LogP contribution in [0.3, 0.4) is 0 Å². The highest BCUT2D eigenvalue weighted by molar-refractivity contribution is 6.01. The van der Waals surface area contributed by atoms with Crippen LogP contribution < -0.4 is 0 Å². The first-order chi connectivity index (χ1) is 12.0. The van der Waals surface area contributed by atoms with E-state index in [0.717, 1.165) is 0 Å². The highest BCUT2D eigenvalue weighted by Gasteiger charge is 2.33. The average molecular weight is 338 g/mol. The van der Waals surface area contributed by atoms with Crippen molar-refractivity contribution in [3.8, 4) is 0 Å². The number of hydrogen-bond acceptors (Lipinski definition) is 3. The van der Waals surface area contributed by atoms with Crippen LogP contribution in [-0.4, -0.2) is 18.9 Å². The number of hydrogen-bond donors (Lipinski definition) is 0. The minimum absolute atomic E-state index is 0.114. The van der Waals surface area contributed by atoms with Gasteiger partial charge in [0.1, 0.15) is 5.82 Å². The zero-order valence-electron chi connectivity index (χ0n) is 13.9. The monoisotopic (exact) mass is 338 g/mol. The predicted molar refractivity (Wildman–Crippen MR) is 94.8 cm³/mol. The molecular weight excluding hydrogens is 319 g/mol. The van der Waals surface area contributed by atoms with E-state index in [9.17, 15) is 14.0 Å². The van der Waals surface area contributed by atoms with Crippen molar-refractivity contribution in [1.82, 2.24) is 0 Å². The molecule has 0 aliphatic heterocycles. The third kappa shape index (κ3) is 4.10. The van der Waals surface area contributed by atoms with E-state index >= 15 is 0 Å². The summed E-state index contributed by atoms with van der Waals surface area (Å²) in [6.07, 6.45) is 1.48. The Kier molecular flexibility index (Phi) is 6.01. The second kappa shape index (κ2) is 8.20. The maximum Gasteiger partial charge on any atom is 0.333 e. The van der Waals surface area contributed by atoms with Crippen molar-refractivity contribution in [2.75, 3.05) is 7.11 Å². The maximum absolute atomic E-state index is 13.3. The fourth-order valence-corrected chi connectivity index (χ4v) is 2.74. The number of carbonyl (C=O) groups is 2. The van der Waals surface area contributed by atoms with Gasteiger partial charge in [-0.3, -0.25) is 4.79 Å². The molecule has 0 spiro atoms. The number of benzene rings is 2. The molecule has 0 bridgehead atoms. The largest absolute Gasteiger partial charge is 0.466 e. The number of ether oxygens (including phenoxy) is 1.